The number of hydrogen-bond donors (Lipinski definition) is 3. The topological polar surface area (TPSA) is 87.0 Å². The molecular weight excluding hydrogens is 392 g/mol. The van der Waals surface area contributed by atoms with E-state index in [1.165, 1.54) is 13.2 Å². The van der Waals surface area contributed by atoms with Crippen LogP contribution in [0, 0.1) is 0 Å². The molecule has 0 aliphatic carbocycles. The average molecular weight is 423 g/mol. The van der Waals surface area contributed by atoms with Crippen molar-refractivity contribution in [3.05, 3.63) is 82.5 Å². The van der Waals surface area contributed by atoms with Crippen molar-refractivity contribution in [2.24, 2.45) is 0 Å². The number of aliphatic hydroxyl groups is 1. The first kappa shape index (κ1) is 24.0. The van der Waals surface area contributed by atoms with Gasteiger partial charge in [0, 0.05) is 5.56 Å². The van der Waals surface area contributed by atoms with E-state index in [0.717, 1.165) is 11.1 Å². The third-order valence-corrected chi connectivity index (χ3v) is 4.68. The van der Waals surface area contributed by atoms with Crippen molar-refractivity contribution in [1.82, 2.24) is 0 Å². The minimum Gasteiger partial charge on any atom is -0.507 e. The van der Waals surface area contributed by atoms with Gasteiger partial charge in [-0.2, -0.15) is 0 Å². The van der Waals surface area contributed by atoms with Crippen LogP contribution in [-0.2, 0) is 11.2 Å². The number of benzene rings is 2. The second kappa shape index (κ2) is 10.6. The lowest BCUT2D eigenvalue weighted by Crippen LogP contribution is -2.13. The van der Waals surface area contributed by atoms with Gasteiger partial charge in [0.15, 0.2) is 0 Å². The summed E-state index contributed by atoms with van der Waals surface area (Å²) in [6, 6.07) is 11.0. The van der Waals surface area contributed by atoms with Gasteiger partial charge in [-0.1, -0.05) is 66.3 Å². The first-order valence-electron chi connectivity index (χ1n) is 10.1. The maximum Gasteiger partial charge on any atom is 0.342 e. The third-order valence-electron chi connectivity index (χ3n) is 4.68. The van der Waals surface area contributed by atoms with E-state index in [1.807, 2.05) is 49.4 Å². The van der Waals surface area contributed by atoms with Crippen LogP contribution in [-0.4, -0.2) is 34.0 Å². The molecular formula is C26H30O5. The summed E-state index contributed by atoms with van der Waals surface area (Å²) < 4.78 is 4.85. The molecule has 2 aromatic rings. The van der Waals surface area contributed by atoms with E-state index < -0.39 is 11.6 Å². The van der Waals surface area contributed by atoms with Gasteiger partial charge in [0.2, 0.25) is 0 Å². The molecule has 0 bridgehead atoms. The van der Waals surface area contributed by atoms with Crippen molar-refractivity contribution in [2.75, 3.05) is 7.11 Å². The second-order valence-electron chi connectivity index (χ2n) is 7.94. The fourth-order valence-corrected chi connectivity index (χ4v) is 3.01. The Hall–Kier alpha value is -3.31. The van der Waals surface area contributed by atoms with Gasteiger partial charge in [-0.05, 0) is 50.8 Å². The summed E-state index contributed by atoms with van der Waals surface area (Å²) in [5.74, 6) is -1.08. The highest BCUT2D eigenvalue weighted by molar-refractivity contribution is 5.98. The van der Waals surface area contributed by atoms with Gasteiger partial charge >= 0.3 is 5.97 Å². The molecule has 164 valence electrons. The summed E-state index contributed by atoms with van der Waals surface area (Å²) in [5.41, 5.74) is 1.66. The number of phenolic OH excluding ortho intramolecular Hbond substituents is 2. The van der Waals surface area contributed by atoms with Crippen LogP contribution in [0.4, 0.5) is 0 Å². The van der Waals surface area contributed by atoms with Crippen LogP contribution in [0.2, 0.25) is 0 Å². The predicted molar refractivity (Wildman–Crippen MR) is 124 cm³/mol. The molecule has 0 saturated heterocycles. The largest absolute Gasteiger partial charge is 0.507 e. The highest BCUT2D eigenvalue weighted by atomic mass is 16.5. The molecule has 0 atom stereocenters. The van der Waals surface area contributed by atoms with E-state index in [1.54, 1.807) is 32.1 Å². The van der Waals surface area contributed by atoms with Crippen LogP contribution in [0.15, 0.2) is 60.2 Å². The molecule has 0 radical (unpaired) electrons. The van der Waals surface area contributed by atoms with Gasteiger partial charge < -0.3 is 20.1 Å². The zero-order valence-corrected chi connectivity index (χ0v) is 18.4. The van der Waals surface area contributed by atoms with Gasteiger partial charge in [-0.15, -0.1) is 0 Å². The van der Waals surface area contributed by atoms with E-state index >= 15 is 0 Å². The number of phenols is 2. The number of carbonyl (C=O) groups is 1. The Morgan fingerprint density at radius 2 is 1.81 bits per heavy atom. The first-order valence-corrected chi connectivity index (χ1v) is 10.1. The SMILES string of the molecule is COC(=O)c1c(C=Cc2ccccc2)cc(O)c(CC=C(C)CC=CC(C)(C)O)c1O. The Morgan fingerprint density at radius 3 is 2.42 bits per heavy atom. The predicted octanol–water partition coefficient (Wildman–Crippen LogP) is 5.26. The molecule has 0 saturated carbocycles. The molecule has 2 aromatic carbocycles. The molecule has 5 heteroatoms. The number of rotatable bonds is 8. The van der Waals surface area contributed by atoms with Gasteiger partial charge in [-0.3, -0.25) is 0 Å². The van der Waals surface area contributed by atoms with Crippen LogP contribution in [0.25, 0.3) is 12.2 Å². The number of esters is 1. The molecule has 0 unspecified atom stereocenters. The van der Waals surface area contributed by atoms with Crippen molar-refractivity contribution in [3.63, 3.8) is 0 Å². The highest BCUT2D eigenvalue weighted by Gasteiger charge is 2.22. The Morgan fingerprint density at radius 1 is 1.13 bits per heavy atom. The van der Waals surface area contributed by atoms with Crippen LogP contribution < -0.4 is 0 Å². The second-order valence-corrected chi connectivity index (χ2v) is 7.94. The maximum absolute atomic E-state index is 12.4. The minimum absolute atomic E-state index is 0.00969. The molecule has 0 aliphatic heterocycles. The van der Waals surface area contributed by atoms with E-state index in [0.29, 0.717) is 12.0 Å². The zero-order chi connectivity index (χ0) is 23.0. The lowest BCUT2D eigenvalue weighted by atomic mass is 9.97. The average Bonchev–Trinajstić information content (AvgIpc) is 2.71. The Balaban J connectivity index is 2.35. The number of ether oxygens (including phenoxy) is 1. The summed E-state index contributed by atoms with van der Waals surface area (Å²) in [6.07, 6.45) is 9.75. The van der Waals surface area contributed by atoms with Gasteiger partial charge in [0.25, 0.3) is 0 Å². The quantitative estimate of drug-likeness (QED) is 0.307. The normalized spacial score (nSPS) is 12.6. The summed E-state index contributed by atoms with van der Waals surface area (Å²) in [6.45, 7) is 5.31. The number of hydrogen-bond acceptors (Lipinski definition) is 5. The third kappa shape index (κ3) is 7.15. The molecule has 2 rings (SSSR count). The molecule has 0 aromatic heterocycles. The summed E-state index contributed by atoms with van der Waals surface area (Å²) in [5, 5.41) is 31.0. The molecule has 5 nitrogen and oxygen atoms in total. The fourth-order valence-electron chi connectivity index (χ4n) is 3.01. The monoisotopic (exact) mass is 422 g/mol. The minimum atomic E-state index is -0.880. The van der Waals surface area contributed by atoms with Crippen molar-refractivity contribution in [1.29, 1.82) is 0 Å². The molecule has 0 aliphatic rings. The number of aromatic hydroxyl groups is 2. The zero-order valence-electron chi connectivity index (χ0n) is 18.4. The van der Waals surface area contributed by atoms with Crippen molar-refractivity contribution < 1.29 is 24.9 Å². The van der Waals surface area contributed by atoms with Gasteiger partial charge in [-0.25, -0.2) is 4.79 Å². The van der Waals surface area contributed by atoms with Crippen LogP contribution in [0.3, 0.4) is 0 Å². The van der Waals surface area contributed by atoms with Gasteiger partial charge in [0.1, 0.15) is 17.1 Å². The van der Waals surface area contributed by atoms with Crippen LogP contribution >= 0.6 is 0 Å². The molecule has 0 heterocycles. The lowest BCUT2D eigenvalue weighted by molar-refractivity contribution is 0.0597. The molecule has 0 fully saturated rings. The number of allylic oxidation sites excluding steroid dienone is 3. The Kier molecular flexibility index (Phi) is 8.22. The molecule has 3 N–H and O–H groups in total. The Labute approximate surface area is 183 Å². The molecule has 0 spiro atoms. The van der Waals surface area contributed by atoms with E-state index in [-0.39, 0.29) is 29.0 Å². The van der Waals surface area contributed by atoms with Crippen molar-refractivity contribution in [2.45, 2.75) is 39.2 Å². The van der Waals surface area contributed by atoms with E-state index in [4.69, 9.17) is 4.74 Å². The number of carbonyl (C=O) groups excluding carboxylic acids is 1. The summed E-state index contributed by atoms with van der Waals surface area (Å²) in [4.78, 5) is 12.4. The maximum atomic E-state index is 12.4. The highest BCUT2D eigenvalue weighted by Crippen LogP contribution is 2.36. The summed E-state index contributed by atoms with van der Waals surface area (Å²) in [7, 11) is 1.25. The number of methoxy groups -OCH3 is 1. The molecule has 31 heavy (non-hydrogen) atoms. The van der Waals surface area contributed by atoms with E-state index in [2.05, 4.69) is 0 Å². The van der Waals surface area contributed by atoms with Crippen molar-refractivity contribution in [3.8, 4) is 11.5 Å². The first-order chi connectivity index (χ1) is 14.6. The fraction of sp³-hybridized carbons (Fsp3) is 0.269. The van der Waals surface area contributed by atoms with Crippen LogP contribution in [0.5, 0.6) is 11.5 Å². The Bertz CT molecular complexity index is 993. The molecule has 0 amide bonds. The van der Waals surface area contributed by atoms with Crippen molar-refractivity contribution >= 4 is 18.1 Å². The van der Waals surface area contributed by atoms with E-state index in [9.17, 15) is 20.1 Å². The lowest BCUT2D eigenvalue weighted by Gasteiger charge is -2.13. The summed E-state index contributed by atoms with van der Waals surface area (Å²) >= 11 is 0. The standard InChI is InChI=1S/C26H30O5/c1-18(9-8-16-26(2,3)30)12-15-21-22(27)17-20(23(24(21)28)25(29)31-4)14-13-19-10-6-5-7-11-19/h5-8,10-14,16-17,27-28,30H,9,15H2,1-4H3. The van der Waals surface area contributed by atoms with Gasteiger partial charge in [0.05, 0.1) is 12.7 Å². The smallest absolute Gasteiger partial charge is 0.342 e. The van der Waals surface area contributed by atoms with Crippen LogP contribution in [0.1, 0.15) is 54.2 Å².